The van der Waals surface area contributed by atoms with Gasteiger partial charge in [-0.2, -0.15) is 0 Å². The Morgan fingerprint density at radius 1 is 1.17 bits per heavy atom. The Morgan fingerprint density at radius 2 is 1.83 bits per heavy atom. The van der Waals surface area contributed by atoms with E-state index >= 15 is 0 Å². The summed E-state index contributed by atoms with van der Waals surface area (Å²) in [5.41, 5.74) is 1.75. The van der Waals surface area contributed by atoms with Crippen molar-refractivity contribution in [1.82, 2.24) is 5.32 Å². The predicted octanol–water partition coefficient (Wildman–Crippen LogP) is 4.05. The molecule has 2 N–H and O–H groups in total. The summed E-state index contributed by atoms with van der Waals surface area (Å²) >= 11 is 0. The van der Waals surface area contributed by atoms with E-state index in [-0.39, 0.29) is 12.4 Å². The average molecular weight is 331 g/mol. The lowest BCUT2D eigenvalue weighted by molar-refractivity contribution is 0.0482. The maximum atomic E-state index is 13.3. The summed E-state index contributed by atoms with van der Waals surface area (Å²) in [6.45, 7) is 5.06. The lowest BCUT2D eigenvalue weighted by Gasteiger charge is -2.23. The standard InChI is InChI=1S/C19H22FNO3/c1-19(2,3)24-18(23)21-17(12-22)14-9-7-13(8-10-14)15-5-4-6-16(20)11-15/h4-11,17,22H,12H2,1-3H3,(H,21,23)/t17-/m0/s1. The third kappa shape index (κ3) is 5.06. The fourth-order valence-corrected chi connectivity index (χ4v) is 2.26. The van der Waals surface area contributed by atoms with Gasteiger partial charge in [0.2, 0.25) is 0 Å². The van der Waals surface area contributed by atoms with Crippen LogP contribution in [-0.4, -0.2) is 23.4 Å². The monoisotopic (exact) mass is 331 g/mol. The molecule has 0 aliphatic carbocycles. The zero-order valence-corrected chi connectivity index (χ0v) is 14.0. The van der Waals surface area contributed by atoms with Crippen LogP contribution in [0.2, 0.25) is 0 Å². The highest BCUT2D eigenvalue weighted by Crippen LogP contribution is 2.23. The summed E-state index contributed by atoms with van der Waals surface area (Å²) in [5, 5.41) is 12.2. The van der Waals surface area contributed by atoms with E-state index in [1.807, 2.05) is 18.2 Å². The molecule has 0 aliphatic heterocycles. The van der Waals surface area contributed by atoms with E-state index in [1.54, 1.807) is 39.0 Å². The molecule has 4 nitrogen and oxygen atoms in total. The molecule has 0 aliphatic rings. The minimum Gasteiger partial charge on any atom is -0.444 e. The number of carbonyl (C=O) groups excluding carboxylic acids is 1. The number of hydrogen-bond donors (Lipinski definition) is 2. The van der Waals surface area contributed by atoms with Crippen LogP contribution in [0.5, 0.6) is 0 Å². The second kappa shape index (κ2) is 7.45. The van der Waals surface area contributed by atoms with E-state index in [9.17, 15) is 14.3 Å². The Hall–Kier alpha value is -2.40. The molecule has 0 bridgehead atoms. The van der Waals surface area contributed by atoms with Gasteiger partial charge in [0, 0.05) is 0 Å². The number of amides is 1. The number of ether oxygens (including phenoxy) is 1. The van der Waals surface area contributed by atoms with E-state index < -0.39 is 17.7 Å². The molecule has 1 atom stereocenters. The van der Waals surface area contributed by atoms with Crippen molar-refractivity contribution < 1.29 is 19.0 Å². The van der Waals surface area contributed by atoms with Crippen LogP contribution in [-0.2, 0) is 4.74 Å². The molecule has 2 aromatic carbocycles. The van der Waals surface area contributed by atoms with Gasteiger partial charge in [-0.25, -0.2) is 9.18 Å². The van der Waals surface area contributed by atoms with Crippen molar-refractivity contribution in [3.63, 3.8) is 0 Å². The van der Waals surface area contributed by atoms with Gasteiger partial charge in [-0.1, -0.05) is 36.4 Å². The Balaban J connectivity index is 2.11. The highest BCUT2D eigenvalue weighted by molar-refractivity contribution is 5.69. The first kappa shape index (κ1) is 17.9. The minimum atomic E-state index is -0.606. The summed E-state index contributed by atoms with van der Waals surface area (Å²) in [5.74, 6) is -0.295. The lowest BCUT2D eigenvalue weighted by atomic mass is 10.0. The SMILES string of the molecule is CC(C)(C)OC(=O)N[C@@H](CO)c1ccc(-c2cccc(F)c2)cc1. The Morgan fingerprint density at radius 3 is 2.38 bits per heavy atom. The molecule has 128 valence electrons. The van der Waals surface area contributed by atoms with Crippen molar-refractivity contribution in [2.45, 2.75) is 32.4 Å². The van der Waals surface area contributed by atoms with Crippen LogP contribution < -0.4 is 5.32 Å². The van der Waals surface area contributed by atoms with Crippen LogP contribution in [0.3, 0.4) is 0 Å². The normalized spacial score (nSPS) is 12.5. The molecule has 0 fully saturated rings. The summed E-state index contributed by atoms with van der Waals surface area (Å²) in [6, 6.07) is 13.0. The lowest BCUT2D eigenvalue weighted by Crippen LogP contribution is -2.36. The molecule has 24 heavy (non-hydrogen) atoms. The van der Waals surface area contributed by atoms with Crippen LogP contribution in [0.25, 0.3) is 11.1 Å². The summed E-state index contributed by atoms with van der Waals surface area (Å²) < 4.78 is 18.5. The smallest absolute Gasteiger partial charge is 0.408 e. The van der Waals surface area contributed by atoms with Crippen molar-refractivity contribution in [3.8, 4) is 11.1 Å². The second-order valence-corrected chi connectivity index (χ2v) is 6.51. The molecule has 2 aromatic rings. The van der Waals surface area contributed by atoms with Crippen molar-refractivity contribution >= 4 is 6.09 Å². The van der Waals surface area contributed by atoms with Crippen LogP contribution in [0.1, 0.15) is 32.4 Å². The Bertz CT molecular complexity index is 693. The fourth-order valence-electron chi connectivity index (χ4n) is 2.26. The zero-order valence-electron chi connectivity index (χ0n) is 14.0. The first-order chi connectivity index (χ1) is 11.3. The third-order valence-electron chi connectivity index (χ3n) is 3.34. The quantitative estimate of drug-likeness (QED) is 0.888. The van der Waals surface area contributed by atoms with E-state index in [2.05, 4.69) is 5.32 Å². The van der Waals surface area contributed by atoms with Crippen LogP contribution in [0, 0.1) is 5.82 Å². The van der Waals surface area contributed by atoms with Crippen LogP contribution in [0.4, 0.5) is 9.18 Å². The number of halogens is 1. The van der Waals surface area contributed by atoms with Gasteiger partial charge in [0.25, 0.3) is 0 Å². The van der Waals surface area contributed by atoms with Gasteiger partial charge in [-0.3, -0.25) is 0 Å². The molecule has 0 spiro atoms. The number of aliphatic hydroxyl groups is 1. The highest BCUT2D eigenvalue weighted by atomic mass is 19.1. The maximum absolute atomic E-state index is 13.3. The number of alkyl carbamates (subject to hydrolysis) is 1. The van der Waals surface area contributed by atoms with Gasteiger partial charge in [0.1, 0.15) is 11.4 Å². The number of rotatable bonds is 4. The number of carbonyl (C=O) groups is 1. The van der Waals surface area contributed by atoms with Crippen molar-refractivity contribution in [3.05, 3.63) is 59.9 Å². The molecule has 0 radical (unpaired) electrons. The number of benzene rings is 2. The van der Waals surface area contributed by atoms with Crippen LogP contribution in [0.15, 0.2) is 48.5 Å². The van der Waals surface area contributed by atoms with Gasteiger partial charge in [0.15, 0.2) is 0 Å². The summed E-state index contributed by atoms with van der Waals surface area (Å²) in [6.07, 6.45) is -0.587. The van der Waals surface area contributed by atoms with Gasteiger partial charge in [-0.05, 0) is 49.6 Å². The number of aliphatic hydroxyl groups excluding tert-OH is 1. The van der Waals surface area contributed by atoms with Gasteiger partial charge in [0.05, 0.1) is 12.6 Å². The molecular weight excluding hydrogens is 309 g/mol. The van der Waals surface area contributed by atoms with E-state index in [0.29, 0.717) is 0 Å². The topological polar surface area (TPSA) is 58.6 Å². The average Bonchev–Trinajstić information content (AvgIpc) is 2.51. The second-order valence-electron chi connectivity index (χ2n) is 6.51. The maximum Gasteiger partial charge on any atom is 0.408 e. The van der Waals surface area contributed by atoms with Crippen molar-refractivity contribution in [2.24, 2.45) is 0 Å². The first-order valence-corrected chi connectivity index (χ1v) is 7.75. The third-order valence-corrected chi connectivity index (χ3v) is 3.34. The number of hydrogen-bond acceptors (Lipinski definition) is 3. The van der Waals surface area contributed by atoms with E-state index in [4.69, 9.17) is 4.74 Å². The summed E-state index contributed by atoms with van der Waals surface area (Å²) in [7, 11) is 0. The van der Waals surface area contributed by atoms with E-state index in [0.717, 1.165) is 16.7 Å². The fraction of sp³-hybridized carbons (Fsp3) is 0.316. The van der Waals surface area contributed by atoms with Crippen LogP contribution >= 0.6 is 0 Å². The van der Waals surface area contributed by atoms with Gasteiger partial charge in [-0.15, -0.1) is 0 Å². The molecule has 2 rings (SSSR count). The zero-order chi connectivity index (χ0) is 17.7. The molecule has 0 saturated heterocycles. The Labute approximate surface area is 141 Å². The van der Waals surface area contributed by atoms with Gasteiger partial charge < -0.3 is 15.2 Å². The minimum absolute atomic E-state index is 0.251. The highest BCUT2D eigenvalue weighted by Gasteiger charge is 2.20. The van der Waals surface area contributed by atoms with Gasteiger partial charge >= 0.3 is 6.09 Å². The molecule has 1 amide bonds. The summed E-state index contributed by atoms with van der Waals surface area (Å²) in [4.78, 5) is 11.8. The Kier molecular flexibility index (Phi) is 5.57. The molecule has 0 heterocycles. The van der Waals surface area contributed by atoms with E-state index in [1.165, 1.54) is 12.1 Å². The largest absolute Gasteiger partial charge is 0.444 e. The first-order valence-electron chi connectivity index (χ1n) is 7.75. The molecule has 0 saturated carbocycles. The van der Waals surface area contributed by atoms with Crippen molar-refractivity contribution in [1.29, 1.82) is 0 Å². The molecular formula is C19H22FNO3. The molecule has 5 heteroatoms. The van der Waals surface area contributed by atoms with Crippen molar-refractivity contribution in [2.75, 3.05) is 6.61 Å². The number of nitrogens with one attached hydrogen (secondary N) is 1. The molecule has 0 unspecified atom stereocenters. The predicted molar refractivity (Wildman–Crippen MR) is 91.0 cm³/mol. The molecule has 0 aromatic heterocycles.